The van der Waals surface area contributed by atoms with Crippen molar-refractivity contribution < 1.29 is 17.9 Å². The van der Waals surface area contributed by atoms with Gasteiger partial charge in [-0.05, 0) is 30.3 Å². The van der Waals surface area contributed by atoms with Crippen molar-refractivity contribution in [2.24, 2.45) is 0 Å². The first kappa shape index (κ1) is 16.3. The first-order valence-corrected chi connectivity index (χ1v) is 7.28. The van der Waals surface area contributed by atoms with Gasteiger partial charge in [0.15, 0.2) is 0 Å². The molecule has 0 spiro atoms. The van der Waals surface area contributed by atoms with Crippen LogP contribution in [0.2, 0.25) is 5.02 Å². The zero-order valence-corrected chi connectivity index (χ0v) is 12.9. The van der Waals surface area contributed by atoms with Crippen molar-refractivity contribution in [2.45, 2.75) is 6.43 Å². The molecule has 0 saturated heterocycles. The predicted octanol–water partition coefficient (Wildman–Crippen LogP) is 4.81. The summed E-state index contributed by atoms with van der Waals surface area (Å²) in [6.07, 6.45) is -1.22. The average molecular weight is 354 g/mol. The maximum atomic E-state index is 13.2. The Labute approximate surface area is 140 Å². The van der Waals surface area contributed by atoms with Gasteiger partial charge in [-0.1, -0.05) is 11.6 Å². The third-order valence-electron chi connectivity index (χ3n) is 3.17. The minimum atomic E-state index is -2.55. The van der Waals surface area contributed by atoms with Crippen LogP contribution in [0.3, 0.4) is 0 Å². The van der Waals surface area contributed by atoms with Crippen LogP contribution in [0, 0.1) is 5.82 Å². The summed E-state index contributed by atoms with van der Waals surface area (Å²) in [4.78, 5) is 8.24. The summed E-state index contributed by atoms with van der Waals surface area (Å²) >= 11 is 5.75. The second kappa shape index (κ2) is 6.92. The molecule has 0 amide bonds. The quantitative estimate of drug-likeness (QED) is 0.715. The predicted molar refractivity (Wildman–Crippen MR) is 85.7 cm³/mol. The number of rotatable bonds is 5. The van der Waals surface area contributed by atoms with Crippen LogP contribution in [0.25, 0.3) is 10.9 Å². The van der Waals surface area contributed by atoms with Crippen molar-refractivity contribution in [1.29, 1.82) is 0 Å². The number of hydrogen-bond donors (Lipinski definition) is 1. The molecule has 3 rings (SSSR count). The Hall–Kier alpha value is -2.54. The third kappa shape index (κ3) is 3.68. The molecule has 2 aromatic carbocycles. The Bertz CT molecular complexity index is 876. The molecule has 0 aliphatic rings. The Kier molecular flexibility index (Phi) is 4.71. The van der Waals surface area contributed by atoms with Crippen molar-refractivity contribution in [3.63, 3.8) is 0 Å². The van der Waals surface area contributed by atoms with Crippen molar-refractivity contribution in [1.82, 2.24) is 9.97 Å². The number of hydrogen-bond acceptors (Lipinski definition) is 4. The first-order valence-electron chi connectivity index (χ1n) is 6.91. The summed E-state index contributed by atoms with van der Waals surface area (Å²) in [5, 5.41) is 3.66. The smallest absolute Gasteiger partial charge is 0.272 e. The fourth-order valence-corrected chi connectivity index (χ4v) is 2.28. The molecular formula is C16H11ClF3N3O. The number of halogens is 4. The standard InChI is InChI=1S/C16H11ClF3N3O/c17-12-5-9(1-4-13(12)18)23-16-11-3-2-10(24-7-15(19)20)6-14(11)21-8-22-16/h1-6,8,15H,7H2,(H,21,22,23). The number of nitrogens with one attached hydrogen (secondary N) is 1. The van der Waals surface area contributed by atoms with Gasteiger partial charge >= 0.3 is 0 Å². The lowest BCUT2D eigenvalue weighted by molar-refractivity contribution is 0.0819. The number of ether oxygens (including phenoxy) is 1. The van der Waals surface area contributed by atoms with E-state index >= 15 is 0 Å². The Morgan fingerprint density at radius 1 is 1.12 bits per heavy atom. The van der Waals surface area contributed by atoms with E-state index in [1.165, 1.54) is 24.5 Å². The number of aromatic nitrogens is 2. The largest absolute Gasteiger partial charge is 0.488 e. The van der Waals surface area contributed by atoms with Crippen LogP contribution in [0.4, 0.5) is 24.7 Å². The van der Waals surface area contributed by atoms with E-state index < -0.39 is 18.8 Å². The molecule has 3 aromatic rings. The summed E-state index contributed by atoms with van der Waals surface area (Å²) in [6, 6.07) is 8.95. The van der Waals surface area contributed by atoms with Gasteiger partial charge in [0.2, 0.25) is 0 Å². The van der Waals surface area contributed by atoms with Gasteiger partial charge in [-0.3, -0.25) is 0 Å². The molecule has 0 unspecified atom stereocenters. The molecule has 0 saturated carbocycles. The Morgan fingerprint density at radius 2 is 1.96 bits per heavy atom. The summed E-state index contributed by atoms with van der Waals surface area (Å²) < 4.78 is 42.6. The average Bonchev–Trinajstić information content (AvgIpc) is 2.56. The van der Waals surface area contributed by atoms with E-state index in [0.717, 1.165) is 0 Å². The topological polar surface area (TPSA) is 47.0 Å². The van der Waals surface area contributed by atoms with Gasteiger partial charge in [-0.15, -0.1) is 0 Å². The molecule has 0 bridgehead atoms. The van der Waals surface area contributed by atoms with Crippen LogP contribution in [0.15, 0.2) is 42.7 Å². The molecule has 0 aliphatic heterocycles. The van der Waals surface area contributed by atoms with Crippen molar-refractivity contribution in [3.8, 4) is 5.75 Å². The van der Waals surface area contributed by atoms with Crippen LogP contribution in [0.1, 0.15) is 0 Å². The lowest BCUT2D eigenvalue weighted by atomic mass is 10.2. The fraction of sp³-hybridized carbons (Fsp3) is 0.125. The van der Waals surface area contributed by atoms with Crippen LogP contribution in [0.5, 0.6) is 5.75 Å². The van der Waals surface area contributed by atoms with Gasteiger partial charge in [-0.25, -0.2) is 23.1 Å². The number of anilines is 2. The van der Waals surface area contributed by atoms with Crippen LogP contribution >= 0.6 is 11.6 Å². The van der Waals surface area contributed by atoms with E-state index in [1.54, 1.807) is 18.2 Å². The van der Waals surface area contributed by atoms with Gasteiger partial charge in [0.05, 0.1) is 10.5 Å². The molecule has 1 N–H and O–H groups in total. The molecule has 0 fully saturated rings. The van der Waals surface area contributed by atoms with E-state index in [-0.39, 0.29) is 10.8 Å². The number of nitrogens with zero attached hydrogens (tertiary/aromatic N) is 2. The highest BCUT2D eigenvalue weighted by atomic mass is 35.5. The highest BCUT2D eigenvalue weighted by molar-refractivity contribution is 6.31. The highest BCUT2D eigenvalue weighted by Gasteiger charge is 2.09. The van der Waals surface area contributed by atoms with Crippen molar-refractivity contribution in [2.75, 3.05) is 11.9 Å². The van der Waals surface area contributed by atoms with Gasteiger partial charge in [0.25, 0.3) is 6.43 Å². The summed E-state index contributed by atoms with van der Waals surface area (Å²) in [5.41, 5.74) is 1.08. The van der Waals surface area contributed by atoms with E-state index in [9.17, 15) is 13.2 Å². The third-order valence-corrected chi connectivity index (χ3v) is 3.46. The van der Waals surface area contributed by atoms with Crippen molar-refractivity contribution in [3.05, 3.63) is 53.6 Å². The minimum absolute atomic E-state index is 0.0129. The number of alkyl halides is 2. The van der Waals surface area contributed by atoms with Crippen molar-refractivity contribution >= 4 is 34.0 Å². The molecule has 0 radical (unpaired) electrons. The molecule has 8 heteroatoms. The van der Waals surface area contributed by atoms with E-state index in [2.05, 4.69) is 15.3 Å². The highest BCUT2D eigenvalue weighted by Crippen LogP contribution is 2.28. The summed E-state index contributed by atoms with van der Waals surface area (Å²) in [5.74, 6) is 0.246. The summed E-state index contributed by atoms with van der Waals surface area (Å²) in [7, 11) is 0. The molecule has 1 heterocycles. The molecule has 24 heavy (non-hydrogen) atoms. The number of fused-ring (bicyclic) bond motifs is 1. The second-order valence-corrected chi connectivity index (χ2v) is 5.26. The van der Waals surface area contributed by atoms with Gasteiger partial charge in [0.1, 0.15) is 30.3 Å². The zero-order chi connectivity index (χ0) is 17.1. The maximum absolute atomic E-state index is 13.2. The van der Waals surface area contributed by atoms with Crippen LogP contribution in [-0.4, -0.2) is 23.0 Å². The molecular weight excluding hydrogens is 343 g/mol. The molecule has 0 atom stereocenters. The van der Waals surface area contributed by atoms with E-state index in [4.69, 9.17) is 16.3 Å². The summed E-state index contributed by atoms with van der Waals surface area (Å²) in [6.45, 7) is -0.685. The molecule has 0 aliphatic carbocycles. The Morgan fingerprint density at radius 3 is 2.71 bits per heavy atom. The fourth-order valence-electron chi connectivity index (χ4n) is 2.10. The second-order valence-electron chi connectivity index (χ2n) is 4.86. The SMILES string of the molecule is Fc1ccc(Nc2ncnc3cc(OCC(F)F)ccc23)cc1Cl. The van der Waals surface area contributed by atoms with Crippen LogP contribution < -0.4 is 10.1 Å². The molecule has 1 aromatic heterocycles. The lowest BCUT2D eigenvalue weighted by Gasteiger charge is -2.10. The molecule has 124 valence electrons. The monoisotopic (exact) mass is 353 g/mol. The Balaban J connectivity index is 1.89. The van der Waals surface area contributed by atoms with Gasteiger partial charge < -0.3 is 10.1 Å². The van der Waals surface area contributed by atoms with Gasteiger partial charge in [-0.2, -0.15) is 0 Å². The normalized spacial score (nSPS) is 11.0. The van der Waals surface area contributed by atoms with Crippen LogP contribution in [-0.2, 0) is 0 Å². The van der Waals surface area contributed by atoms with E-state index in [1.807, 2.05) is 0 Å². The van der Waals surface area contributed by atoms with Gasteiger partial charge in [0, 0.05) is 17.1 Å². The maximum Gasteiger partial charge on any atom is 0.272 e. The zero-order valence-electron chi connectivity index (χ0n) is 12.1. The lowest BCUT2D eigenvalue weighted by Crippen LogP contribution is -2.07. The van der Waals surface area contributed by atoms with E-state index in [0.29, 0.717) is 22.4 Å². The first-order chi connectivity index (χ1) is 11.5. The minimum Gasteiger partial charge on any atom is -0.488 e. The molecule has 4 nitrogen and oxygen atoms in total. The number of benzene rings is 2.